The van der Waals surface area contributed by atoms with E-state index in [0.717, 1.165) is 0 Å². The molecule has 1 aliphatic rings. The number of rotatable bonds is 4. The van der Waals surface area contributed by atoms with Crippen LogP contribution in [0.1, 0.15) is 39.2 Å². The van der Waals surface area contributed by atoms with E-state index in [9.17, 15) is 9.59 Å². The molecule has 108 valence electrons. The second-order valence-corrected chi connectivity index (χ2v) is 6.38. The third-order valence-corrected chi connectivity index (χ3v) is 4.22. The summed E-state index contributed by atoms with van der Waals surface area (Å²) in [7, 11) is 0. The Labute approximate surface area is 119 Å². The van der Waals surface area contributed by atoms with Crippen molar-refractivity contribution in [1.82, 2.24) is 0 Å². The molecule has 0 spiro atoms. The summed E-state index contributed by atoms with van der Waals surface area (Å²) in [6, 6.07) is 7.68. The van der Waals surface area contributed by atoms with Crippen molar-refractivity contribution in [2.45, 2.75) is 33.6 Å². The van der Waals surface area contributed by atoms with E-state index in [2.05, 4.69) is 19.2 Å². The molecule has 0 saturated heterocycles. The maximum Gasteiger partial charge on any atom is 0.307 e. The number of nitrogens with one attached hydrogen (secondary N) is 1. The van der Waals surface area contributed by atoms with Crippen molar-refractivity contribution in [3.63, 3.8) is 0 Å². The lowest BCUT2D eigenvalue weighted by Gasteiger charge is -2.09. The maximum atomic E-state index is 12.1. The molecule has 0 heterocycles. The summed E-state index contributed by atoms with van der Waals surface area (Å²) in [5.74, 6) is -1.70. The van der Waals surface area contributed by atoms with Crippen LogP contribution in [0.3, 0.4) is 0 Å². The average Bonchev–Trinajstić information content (AvgIpc) is 2.93. The topological polar surface area (TPSA) is 66.4 Å². The number of carboxylic acid groups (broad SMARTS) is 1. The van der Waals surface area contributed by atoms with Crippen LogP contribution in [0.15, 0.2) is 24.3 Å². The second-order valence-electron chi connectivity index (χ2n) is 6.38. The Hall–Kier alpha value is -1.84. The van der Waals surface area contributed by atoms with Gasteiger partial charge in [0.05, 0.1) is 11.8 Å². The fourth-order valence-corrected chi connectivity index (χ4v) is 2.76. The minimum Gasteiger partial charge on any atom is -0.481 e. The van der Waals surface area contributed by atoms with Gasteiger partial charge in [0.2, 0.25) is 5.91 Å². The summed E-state index contributed by atoms with van der Waals surface area (Å²) >= 11 is 0. The molecule has 1 aromatic carbocycles. The van der Waals surface area contributed by atoms with Gasteiger partial charge >= 0.3 is 5.97 Å². The van der Waals surface area contributed by atoms with Crippen LogP contribution in [0, 0.1) is 17.3 Å². The van der Waals surface area contributed by atoms with E-state index in [1.807, 2.05) is 38.1 Å². The van der Waals surface area contributed by atoms with Crippen molar-refractivity contribution in [3.8, 4) is 0 Å². The highest BCUT2D eigenvalue weighted by Gasteiger charge is 2.65. The summed E-state index contributed by atoms with van der Waals surface area (Å²) in [5.41, 5.74) is 1.46. The van der Waals surface area contributed by atoms with Crippen molar-refractivity contribution in [2.24, 2.45) is 17.3 Å². The van der Waals surface area contributed by atoms with E-state index >= 15 is 0 Å². The first-order valence-electron chi connectivity index (χ1n) is 6.88. The fraction of sp³-hybridized carbons (Fsp3) is 0.500. The minimum absolute atomic E-state index is 0.209. The van der Waals surface area contributed by atoms with Crippen LogP contribution in [-0.2, 0) is 9.59 Å². The monoisotopic (exact) mass is 275 g/mol. The standard InChI is InChI=1S/C16H21NO3/c1-9(2)10-5-7-11(8-6-10)17-14(18)12-13(15(19)20)16(12,3)4/h5-9,12-13H,1-4H3,(H,17,18)(H,19,20). The predicted octanol–water partition coefficient (Wildman–Crippen LogP) is 3.11. The number of benzene rings is 1. The summed E-state index contributed by atoms with van der Waals surface area (Å²) in [6.45, 7) is 7.85. The number of anilines is 1. The van der Waals surface area contributed by atoms with Gasteiger partial charge in [-0.25, -0.2) is 0 Å². The van der Waals surface area contributed by atoms with E-state index in [0.29, 0.717) is 11.6 Å². The molecule has 2 unspecified atom stereocenters. The molecule has 2 rings (SSSR count). The lowest BCUT2D eigenvalue weighted by atomic mass is 10.0. The Morgan fingerprint density at radius 3 is 2.10 bits per heavy atom. The number of carbonyl (C=O) groups is 2. The second kappa shape index (κ2) is 4.93. The first kappa shape index (κ1) is 14.6. The number of hydrogen-bond donors (Lipinski definition) is 2. The summed E-state index contributed by atoms with van der Waals surface area (Å²) in [4.78, 5) is 23.2. The molecule has 4 nitrogen and oxygen atoms in total. The predicted molar refractivity (Wildman–Crippen MR) is 77.6 cm³/mol. The number of amides is 1. The van der Waals surface area contributed by atoms with Crippen molar-refractivity contribution < 1.29 is 14.7 Å². The van der Waals surface area contributed by atoms with Gasteiger partial charge in [0, 0.05) is 5.69 Å². The zero-order chi connectivity index (χ0) is 15.1. The van der Waals surface area contributed by atoms with Crippen LogP contribution in [0.4, 0.5) is 5.69 Å². The Bertz CT molecular complexity index is 531. The molecule has 1 saturated carbocycles. The van der Waals surface area contributed by atoms with Gasteiger partial charge in [-0.1, -0.05) is 39.8 Å². The highest BCUT2D eigenvalue weighted by Crippen LogP contribution is 2.58. The van der Waals surface area contributed by atoms with Gasteiger partial charge in [-0.15, -0.1) is 0 Å². The van der Waals surface area contributed by atoms with Crippen molar-refractivity contribution >= 4 is 17.6 Å². The van der Waals surface area contributed by atoms with Crippen LogP contribution in [0.2, 0.25) is 0 Å². The molecule has 20 heavy (non-hydrogen) atoms. The molecule has 1 aromatic rings. The smallest absolute Gasteiger partial charge is 0.307 e. The van der Waals surface area contributed by atoms with Crippen LogP contribution in [0.25, 0.3) is 0 Å². The normalized spacial score (nSPS) is 23.4. The first-order valence-corrected chi connectivity index (χ1v) is 6.88. The van der Waals surface area contributed by atoms with Gasteiger partial charge in [0.1, 0.15) is 0 Å². The molecular weight excluding hydrogens is 254 g/mol. The lowest BCUT2D eigenvalue weighted by Crippen LogP contribution is -2.17. The van der Waals surface area contributed by atoms with Gasteiger partial charge in [0.25, 0.3) is 0 Å². The first-order chi connectivity index (χ1) is 9.25. The number of hydrogen-bond acceptors (Lipinski definition) is 2. The van der Waals surface area contributed by atoms with Gasteiger partial charge in [-0.3, -0.25) is 9.59 Å². The zero-order valence-corrected chi connectivity index (χ0v) is 12.3. The van der Waals surface area contributed by atoms with E-state index in [-0.39, 0.29) is 5.91 Å². The van der Waals surface area contributed by atoms with Crippen LogP contribution < -0.4 is 5.32 Å². The molecule has 0 bridgehead atoms. The molecular formula is C16H21NO3. The van der Waals surface area contributed by atoms with Crippen LogP contribution in [0.5, 0.6) is 0 Å². The van der Waals surface area contributed by atoms with E-state index < -0.39 is 23.2 Å². The van der Waals surface area contributed by atoms with Crippen molar-refractivity contribution in [2.75, 3.05) is 5.32 Å². The Morgan fingerprint density at radius 2 is 1.70 bits per heavy atom. The third kappa shape index (κ3) is 2.55. The van der Waals surface area contributed by atoms with Gasteiger partial charge in [-0.05, 0) is 29.0 Å². The van der Waals surface area contributed by atoms with Crippen LogP contribution >= 0.6 is 0 Å². The largest absolute Gasteiger partial charge is 0.481 e. The van der Waals surface area contributed by atoms with Gasteiger partial charge in [0.15, 0.2) is 0 Å². The summed E-state index contributed by atoms with van der Waals surface area (Å²) < 4.78 is 0. The van der Waals surface area contributed by atoms with E-state index in [1.165, 1.54) is 5.56 Å². The lowest BCUT2D eigenvalue weighted by molar-refractivity contribution is -0.140. The Balaban J connectivity index is 2.04. The molecule has 0 aliphatic heterocycles. The quantitative estimate of drug-likeness (QED) is 0.887. The summed E-state index contributed by atoms with van der Waals surface area (Å²) in [6.07, 6.45) is 0. The Kier molecular flexibility index (Phi) is 3.59. The molecule has 1 aliphatic carbocycles. The molecule has 1 amide bonds. The van der Waals surface area contributed by atoms with Crippen molar-refractivity contribution in [3.05, 3.63) is 29.8 Å². The van der Waals surface area contributed by atoms with Gasteiger partial charge in [-0.2, -0.15) is 0 Å². The average molecular weight is 275 g/mol. The number of carbonyl (C=O) groups excluding carboxylic acids is 1. The fourth-order valence-electron chi connectivity index (χ4n) is 2.76. The number of carboxylic acids is 1. The molecule has 2 atom stereocenters. The third-order valence-electron chi connectivity index (χ3n) is 4.22. The Morgan fingerprint density at radius 1 is 1.15 bits per heavy atom. The van der Waals surface area contributed by atoms with Crippen molar-refractivity contribution in [1.29, 1.82) is 0 Å². The summed E-state index contributed by atoms with van der Waals surface area (Å²) in [5, 5.41) is 11.9. The zero-order valence-electron chi connectivity index (χ0n) is 12.3. The molecule has 2 N–H and O–H groups in total. The SMILES string of the molecule is CC(C)c1ccc(NC(=O)C2C(C(=O)O)C2(C)C)cc1. The highest BCUT2D eigenvalue weighted by atomic mass is 16.4. The number of aliphatic carboxylic acids is 1. The molecule has 0 radical (unpaired) electrons. The maximum absolute atomic E-state index is 12.1. The van der Waals surface area contributed by atoms with Crippen LogP contribution in [-0.4, -0.2) is 17.0 Å². The molecule has 4 heteroatoms. The van der Waals surface area contributed by atoms with E-state index in [1.54, 1.807) is 0 Å². The highest BCUT2D eigenvalue weighted by molar-refractivity contribution is 5.99. The minimum atomic E-state index is -0.898. The van der Waals surface area contributed by atoms with Gasteiger partial charge < -0.3 is 10.4 Å². The molecule has 0 aromatic heterocycles. The van der Waals surface area contributed by atoms with E-state index in [4.69, 9.17) is 5.11 Å². The molecule has 1 fully saturated rings.